The van der Waals surface area contributed by atoms with Gasteiger partial charge in [0.25, 0.3) is 5.91 Å². The number of rotatable bonds is 5. The molecule has 6 nitrogen and oxygen atoms in total. The SMILES string of the molecule is CCN(Cc1cccs1)C(=O)NC(=O)C=CC(=O)O. The minimum absolute atomic E-state index is 0.413. The predicted octanol–water partition coefficient (Wildman–Crippen LogP) is 1.45. The second kappa shape index (κ2) is 7.32. The minimum atomic E-state index is -1.24. The fourth-order valence-electron chi connectivity index (χ4n) is 1.29. The van der Waals surface area contributed by atoms with E-state index in [4.69, 9.17) is 5.11 Å². The average Bonchev–Trinajstić information content (AvgIpc) is 2.86. The van der Waals surface area contributed by atoms with Crippen LogP contribution in [0.1, 0.15) is 11.8 Å². The highest BCUT2D eigenvalue weighted by atomic mass is 32.1. The van der Waals surface area contributed by atoms with E-state index in [-0.39, 0.29) is 0 Å². The maximum Gasteiger partial charge on any atom is 0.328 e. The molecule has 19 heavy (non-hydrogen) atoms. The number of hydrogen-bond donors (Lipinski definition) is 2. The first-order chi connectivity index (χ1) is 9.02. The van der Waals surface area contributed by atoms with Gasteiger partial charge in [0, 0.05) is 23.6 Å². The highest BCUT2D eigenvalue weighted by Gasteiger charge is 2.14. The summed E-state index contributed by atoms with van der Waals surface area (Å²) in [5.41, 5.74) is 0. The van der Waals surface area contributed by atoms with E-state index in [0.29, 0.717) is 19.2 Å². The Morgan fingerprint density at radius 3 is 2.68 bits per heavy atom. The van der Waals surface area contributed by atoms with Crippen molar-refractivity contribution < 1.29 is 19.5 Å². The molecule has 0 radical (unpaired) electrons. The van der Waals surface area contributed by atoms with Crippen molar-refractivity contribution in [2.75, 3.05) is 6.54 Å². The third-order valence-corrected chi connectivity index (χ3v) is 3.06. The van der Waals surface area contributed by atoms with Crippen molar-refractivity contribution in [3.05, 3.63) is 34.5 Å². The number of carbonyl (C=O) groups excluding carboxylic acids is 2. The molecule has 0 aromatic carbocycles. The lowest BCUT2D eigenvalue weighted by molar-refractivity contribution is -0.131. The lowest BCUT2D eigenvalue weighted by Gasteiger charge is -2.19. The number of aliphatic carboxylic acids is 1. The fourth-order valence-corrected chi connectivity index (χ4v) is 2.01. The molecule has 0 aliphatic heterocycles. The van der Waals surface area contributed by atoms with Crippen molar-refractivity contribution in [1.82, 2.24) is 10.2 Å². The molecule has 2 N–H and O–H groups in total. The molecule has 0 unspecified atom stereocenters. The van der Waals surface area contributed by atoms with Crippen LogP contribution in [0.3, 0.4) is 0 Å². The molecule has 0 bridgehead atoms. The molecule has 0 fully saturated rings. The Kier molecular flexibility index (Phi) is 5.74. The Bertz CT molecular complexity index is 482. The van der Waals surface area contributed by atoms with E-state index in [9.17, 15) is 14.4 Å². The van der Waals surface area contributed by atoms with Gasteiger partial charge in [-0.15, -0.1) is 11.3 Å². The van der Waals surface area contributed by atoms with Gasteiger partial charge in [-0.1, -0.05) is 6.07 Å². The second-order valence-electron chi connectivity index (χ2n) is 3.56. The van der Waals surface area contributed by atoms with Crippen molar-refractivity contribution in [2.45, 2.75) is 13.5 Å². The van der Waals surface area contributed by atoms with E-state index < -0.39 is 17.9 Å². The summed E-state index contributed by atoms with van der Waals surface area (Å²) in [5.74, 6) is -1.99. The number of hydrogen-bond acceptors (Lipinski definition) is 4. The quantitative estimate of drug-likeness (QED) is 0.800. The Balaban J connectivity index is 2.54. The van der Waals surface area contributed by atoms with Crippen LogP contribution in [0.5, 0.6) is 0 Å². The van der Waals surface area contributed by atoms with Crippen LogP contribution in [0.2, 0.25) is 0 Å². The summed E-state index contributed by atoms with van der Waals surface area (Å²) in [7, 11) is 0. The fraction of sp³-hybridized carbons (Fsp3) is 0.250. The summed E-state index contributed by atoms with van der Waals surface area (Å²) < 4.78 is 0. The second-order valence-corrected chi connectivity index (χ2v) is 4.59. The molecule has 0 aliphatic rings. The van der Waals surface area contributed by atoms with E-state index in [2.05, 4.69) is 5.32 Å². The Morgan fingerprint density at radius 1 is 1.42 bits per heavy atom. The Hall–Kier alpha value is -2.15. The molecule has 102 valence electrons. The van der Waals surface area contributed by atoms with Crippen LogP contribution in [0.4, 0.5) is 4.79 Å². The number of urea groups is 1. The van der Waals surface area contributed by atoms with E-state index in [0.717, 1.165) is 11.0 Å². The van der Waals surface area contributed by atoms with Gasteiger partial charge < -0.3 is 10.0 Å². The summed E-state index contributed by atoms with van der Waals surface area (Å²) in [6.45, 7) is 2.65. The molecular formula is C12H14N2O4S. The first-order valence-electron chi connectivity index (χ1n) is 5.56. The number of amides is 3. The minimum Gasteiger partial charge on any atom is -0.478 e. The molecule has 0 atom stereocenters. The summed E-state index contributed by atoms with van der Waals surface area (Å²) in [5, 5.41) is 12.4. The van der Waals surface area contributed by atoms with Crippen LogP contribution >= 0.6 is 11.3 Å². The summed E-state index contributed by atoms with van der Waals surface area (Å²) >= 11 is 1.52. The molecule has 0 saturated carbocycles. The maximum absolute atomic E-state index is 11.8. The van der Waals surface area contributed by atoms with Gasteiger partial charge in [-0.2, -0.15) is 0 Å². The lowest BCUT2D eigenvalue weighted by atomic mass is 10.4. The van der Waals surface area contributed by atoms with Crippen LogP contribution < -0.4 is 5.32 Å². The van der Waals surface area contributed by atoms with Gasteiger partial charge in [0.1, 0.15) is 0 Å². The largest absolute Gasteiger partial charge is 0.478 e. The number of imide groups is 1. The molecule has 0 saturated heterocycles. The van der Waals surface area contributed by atoms with Crippen LogP contribution in [0.25, 0.3) is 0 Å². The normalized spacial score (nSPS) is 10.4. The topological polar surface area (TPSA) is 86.7 Å². The zero-order chi connectivity index (χ0) is 14.3. The molecule has 1 heterocycles. The molecule has 1 aromatic rings. The molecule has 3 amide bonds. The summed E-state index contributed by atoms with van der Waals surface area (Å²) in [6.07, 6.45) is 1.48. The van der Waals surface area contributed by atoms with E-state index in [1.54, 1.807) is 6.92 Å². The standard InChI is InChI=1S/C12H14N2O4S/c1-2-14(8-9-4-3-7-19-9)12(18)13-10(15)5-6-11(16)17/h3-7H,2,8H2,1H3,(H,16,17)(H,13,15,18). The number of carbonyl (C=O) groups is 3. The highest BCUT2D eigenvalue weighted by Crippen LogP contribution is 2.11. The Morgan fingerprint density at radius 2 is 2.16 bits per heavy atom. The third-order valence-electron chi connectivity index (χ3n) is 2.20. The average molecular weight is 282 g/mol. The molecule has 1 aromatic heterocycles. The van der Waals surface area contributed by atoms with Gasteiger partial charge in [0.2, 0.25) is 0 Å². The van der Waals surface area contributed by atoms with E-state index in [1.807, 2.05) is 17.5 Å². The van der Waals surface area contributed by atoms with Crippen molar-refractivity contribution in [3.8, 4) is 0 Å². The van der Waals surface area contributed by atoms with Gasteiger partial charge in [-0.3, -0.25) is 10.1 Å². The Labute approximate surface area is 114 Å². The van der Waals surface area contributed by atoms with Crippen LogP contribution in [0.15, 0.2) is 29.7 Å². The molecular weight excluding hydrogens is 268 g/mol. The van der Waals surface area contributed by atoms with Crippen LogP contribution in [-0.2, 0) is 16.1 Å². The van der Waals surface area contributed by atoms with Gasteiger partial charge in [0.15, 0.2) is 0 Å². The first-order valence-corrected chi connectivity index (χ1v) is 6.44. The van der Waals surface area contributed by atoms with Crippen molar-refractivity contribution in [2.24, 2.45) is 0 Å². The zero-order valence-corrected chi connectivity index (χ0v) is 11.1. The molecule has 7 heteroatoms. The van der Waals surface area contributed by atoms with Gasteiger partial charge >= 0.3 is 12.0 Å². The number of nitrogens with one attached hydrogen (secondary N) is 1. The molecule has 1 rings (SSSR count). The smallest absolute Gasteiger partial charge is 0.328 e. The zero-order valence-electron chi connectivity index (χ0n) is 10.3. The van der Waals surface area contributed by atoms with Gasteiger partial charge in [0.05, 0.1) is 6.54 Å². The van der Waals surface area contributed by atoms with E-state index in [1.165, 1.54) is 16.2 Å². The summed E-state index contributed by atoms with van der Waals surface area (Å²) in [6, 6.07) is 3.23. The van der Waals surface area contributed by atoms with Crippen LogP contribution in [-0.4, -0.2) is 34.5 Å². The monoisotopic (exact) mass is 282 g/mol. The third kappa shape index (κ3) is 5.35. The highest BCUT2D eigenvalue weighted by molar-refractivity contribution is 7.09. The molecule has 0 spiro atoms. The lowest BCUT2D eigenvalue weighted by Crippen LogP contribution is -2.41. The molecule has 0 aliphatic carbocycles. The van der Waals surface area contributed by atoms with Crippen LogP contribution in [0, 0.1) is 0 Å². The maximum atomic E-state index is 11.8. The number of carboxylic acids is 1. The van der Waals surface area contributed by atoms with Crippen molar-refractivity contribution in [3.63, 3.8) is 0 Å². The van der Waals surface area contributed by atoms with E-state index >= 15 is 0 Å². The number of nitrogens with zero attached hydrogens (tertiary/aromatic N) is 1. The first kappa shape index (κ1) is 14.9. The van der Waals surface area contributed by atoms with Crippen molar-refractivity contribution in [1.29, 1.82) is 0 Å². The van der Waals surface area contributed by atoms with Gasteiger partial charge in [-0.25, -0.2) is 9.59 Å². The number of thiophene rings is 1. The van der Waals surface area contributed by atoms with Crippen molar-refractivity contribution >= 4 is 29.2 Å². The summed E-state index contributed by atoms with van der Waals surface area (Å²) in [4.78, 5) is 35.7. The van der Waals surface area contributed by atoms with Gasteiger partial charge in [-0.05, 0) is 18.4 Å². The predicted molar refractivity (Wildman–Crippen MR) is 70.7 cm³/mol. The number of carboxylic acid groups (broad SMARTS) is 1.